The Bertz CT molecular complexity index is 1080. The molecule has 208 valence electrons. The van der Waals surface area contributed by atoms with Gasteiger partial charge in [-0.2, -0.15) is 0 Å². The summed E-state index contributed by atoms with van der Waals surface area (Å²) in [5.41, 5.74) is 1.56. The Kier molecular flexibility index (Phi) is 13.1. The summed E-state index contributed by atoms with van der Waals surface area (Å²) < 4.78 is 10.7. The standard InChI is InChI=1S/C19H22Cl2N4O3.C6H11NO3/c1-4-16(28-18-15(21)9-13(20)11-24-18)17(26)23-10-12-6-5-7-14(8-12)25(3)19(27)22-2;8-6(9)5-7-1-3-10-4-2-7/h5-9,11,16H,4,10H2,1-3H3,(H,22,27)(H,23,26);1-5H2,(H,8,9). The van der Waals surface area contributed by atoms with Crippen LogP contribution in [0.15, 0.2) is 36.5 Å². The number of halogens is 2. The smallest absolute Gasteiger partial charge is 0.321 e. The van der Waals surface area contributed by atoms with E-state index in [0.29, 0.717) is 30.3 Å². The minimum atomic E-state index is -0.762. The van der Waals surface area contributed by atoms with Crippen molar-refractivity contribution in [2.45, 2.75) is 26.0 Å². The number of carbonyl (C=O) groups excluding carboxylic acids is 2. The lowest BCUT2D eigenvalue weighted by Crippen LogP contribution is -2.39. The van der Waals surface area contributed by atoms with Crippen molar-refractivity contribution in [2.24, 2.45) is 0 Å². The molecule has 0 bridgehead atoms. The normalized spacial score (nSPS) is 13.9. The zero-order chi connectivity index (χ0) is 28.1. The van der Waals surface area contributed by atoms with Crippen LogP contribution in [-0.4, -0.2) is 85.9 Å². The van der Waals surface area contributed by atoms with E-state index in [9.17, 15) is 14.4 Å². The fourth-order valence-electron chi connectivity index (χ4n) is 3.36. The summed E-state index contributed by atoms with van der Waals surface area (Å²) in [6, 6.07) is 8.60. The van der Waals surface area contributed by atoms with Gasteiger partial charge in [0.25, 0.3) is 5.91 Å². The highest BCUT2D eigenvalue weighted by Crippen LogP contribution is 2.26. The van der Waals surface area contributed by atoms with Crippen LogP contribution in [0.2, 0.25) is 10.0 Å². The molecular formula is C25H33Cl2N5O6. The molecule has 1 fully saturated rings. The third-order valence-electron chi connectivity index (χ3n) is 5.44. The number of aliphatic carboxylic acids is 1. The molecule has 0 radical (unpaired) electrons. The predicted molar refractivity (Wildman–Crippen MR) is 145 cm³/mol. The molecule has 1 aliphatic rings. The number of amides is 3. The first-order valence-corrected chi connectivity index (χ1v) is 12.7. The largest absolute Gasteiger partial charge is 0.480 e. The van der Waals surface area contributed by atoms with E-state index in [1.54, 1.807) is 14.1 Å². The van der Waals surface area contributed by atoms with Crippen LogP contribution in [0.5, 0.6) is 5.88 Å². The quantitative estimate of drug-likeness (QED) is 0.419. The molecule has 1 aromatic heterocycles. The van der Waals surface area contributed by atoms with Crippen LogP contribution in [0.1, 0.15) is 18.9 Å². The van der Waals surface area contributed by atoms with Crippen molar-refractivity contribution in [2.75, 3.05) is 51.8 Å². The first-order chi connectivity index (χ1) is 18.1. The van der Waals surface area contributed by atoms with Crippen LogP contribution in [-0.2, 0) is 20.9 Å². The average molecular weight is 570 g/mol. The lowest BCUT2D eigenvalue weighted by atomic mass is 10.2. The summed E-state index contributed by atoms with van der Waals surface area (Å²) in [4.78, 5) is 41.8. The molecule has 13 heteroatoms. The van der Waals surface area contributed by atoms with Gasteiger partial charge in [-0.3, -0.25) is 19.4 Å². The Morgan fingerprint density at radius 2 is 1.95 bits per heavy atom. The average Bonchev–Trinajstić information content (AvgIpc) is 2.91. The maximum atomic E-state index is 12.5. The van der Waals surface area contributed by atoms with E-state index < -0.39 is 12.1 Å². The number of hydrogen-bond donors (Lipinski definition) is 3. The van der Waals surface area contributed by atoms with Crippen LogP contribution in [0.4, 0.5) is 10.5 Å². The van der Waals surface area contributed by atoms with Gasteiger partial charge in [-0.1, -0.05) is 42.3 Å². The van der Waals surface area contributed by atoms with Gasteiger partial charge in [0.2, 0.25) is 5.88 Å². The monoisotopic (exact) mass is 569 g/mol. The number of morpholine rings is 1. The number of benzene rings is 1. The predicted octanol–water partition coefficient (Wildman–Crippen LogP) is 3.04. The lowest BCUT2D eigenvalue weighted by Gasteiger charge is -2.24. The third kappa shape index (κ3) is 10.3. The number of carboxylic acid groups (broad SMARTS) is 1. The van der Waals surface area contributed by atoms with Crippen molar-refractivity contribution in [3.05, 3.63) is 52.1 Å². The molecule has 1 atom stereocenters. The van der Waals surface area contributed by atoms with Crippen molar-refractivity contribution >= 4 is 46.8 Å². The van der Waals surface area contributed by atoms with Crippen molar-refractivity contribution in [1.29, 1.82) is 0 Å². The molecule has 0 saturated carbocycles. The van der Waals surface area contributed by atoms with E-state index in [-0.39, 0.29) is 35.9 Å². The molecular weight excluding hydrogens is 537 g/mol. The summed E-state index contributed by atoms with van der Waals surface area (Å²) in [5.74, 6) is -0.899. The molecule has 1 saturated heterocycles. The summed E-state index contributed by atoms with van der Waals surface area (Å²) in [6.07, 6.45) is 1.09. The Labute approximate surface area is 232 Å². The molecule has 38 heavy (non-hydrogen) atoms. The number of pyridine rings is 1. The molecule has 0 spiro atoms. The van der Waals surface area contributed by atoms with Crippen molar-refractivity contribution in [1.82, 2.24) is 20.5 Å². The third-order valence-corrected chi connectivity index (χ3v) is 5.91. The van der Waals surface area contributed by atoms with Crippen LogP contribution in [0.3, 0.4) is 0 Å². The minimum absolute atomic E-state index is 0.142. The van der Waals surface area contributed by atoms with Gasteiger partial charge in [0.15, 0.2) is 6.10 Å². The van der Waals surface area contributed by atoms with Crippen molar-refractivity contribution in [3.63, 3.8) is 0 Å². The molecule has 2 aromatic rings. The zero-order valence-corrected chi connectivity index (χ0v) is 23.1. The Morgan fingerprint density at radius 1 is 1.24 bits per heavy atom. The summed E-state index contributed by atoms with van der Waals surface area (Å²) in [7, 11) is 3.23. The number of nitrogens with zero attached hydrogens (tertiary/aromatic N) is 3. The fourth-order valence-corrected chi connectivity index (χ4v) is 3.78. The highest BCUT2D eigenvalue weighted by Gasteiger charge is 2.20. The van der Waals surface area contributed by atoms with E-state index >= 15 is 0 Å². The highest BCUT2D eigenvalue weighted by atomic mass is 35.5. The molecule has 1 aliphatic heterocycles. The van der Waals surface area contributed by atoms with Crippen molar-refractivity contribution in [3.8, 4) is 5.88 Å². The number of carbonyl (C=O) groups is 3. The molecule has 3 rings (SSSR count). The van der Waals surface area contributed by atoms with Gasteiger partial charge in [-0.05, 0) is 30.2 Å². The maximum absolute atomic E-state index is 12.5. The van der Waals surface area contributed by atoms with Crippen LogP contribution in [0.25, 0.3) is 0 Å². The molecule has 2 heterocycles. The van der Waals surface area contributed by atoms with Gasteiger partial charge >= 0.3 is 12.0 Å². The van der Waals surface area contributed by atoms with E-state index in [1.807, 2.05) is 36.1 Å². The summed E-state index contributed by atoms with van der Waals surface area (Å²) >= 11 is 11.9. The molecule has 3 N–H and O–H groups in total. The van der Waals surface area contributed by atoms with Gasteiger partial charge in [0.05, 0.1) is 24.8 Å². The number of urea groups is 1. The van der Waals surface area contributed by atoms with Crippen LogP contribution in [0, 0.1) is 0 Å². The first kappa shape index (κ1) is 31.1. The maximum Gasteiger partial charge on any atom is 0.321 e. The van der Waals surface area contributed by atoms with Gasteiger partial charge < -0.3 is 25.2 Å². The highest BCUT2D eigenvalue weighted by molar-refractivity contribution is 6.35. The SMILES string of the molecule is CCC(Oc1ncc(Cl)cc1Cl)C(=O)NCc1cccc(N(C)C(=O)NC)c1.O=C(O)CN1CCOCC1. The van der Waals surface area contributed by atoms with Gasteiger partial charge in [-0.15, -0.1) is 0 Å². The second kappa shape index (κ2) is 16.0. The number of anilines is 1. The van der Waals surface area contributed by atoms with Crippen LogP contribution < -0.4 is 20.3 Å². The van der Waals surface area contributed by atoms with Crippen molar-refractivity contribution < 1.29 is 29.0 Å². The second-order valence-electron chi connectivity index (χ2n) is 8.24. The zero-order valence-electron chi connectivity index (χ0n) is 21.6. The molecule has 1 aromatic carbocycles. The number of hydrogen-bond acceptors (Lipinski definition) is 7. The van der Waals surface area contributed by atoms with E-state index in [0.717, 1.165) is 18.7 Å². The molecule has 1 unspecified atom stereocenters. The summed E-state index contributed by atoms with van der Waals surface area (Å²) in [5, 5.41) is 14.4. The molecule has 11 nitrogen and oxygen atoms in total. The number of rotatable bonds is 9. The topological polar surface area (TPSA) is 133 Å². The Morgan fingerprint density at radius 3 is 2.55 bits per heavy atom. The van der Waals surface area contributed by atoms with E-state index in [1.165, 1.54) is 17.2 Å². The first-order valence-electron chi connectivity index (χ1n) is 12.0. The van der Waals surface area contributed by atoms with E-state index in [2.05, 4.69) is 15.6 Å². The van der Waals surface area contributed by atoms with Gasteiger partial charge in [0.1, 0.15) is 5.02 Å². The Hall–Kier alpha value is -3.12. The minimum Gasteiger partial charge on any atom is -0.480 e. The lowest BCUT2D eigenvalue weighted by molar-refractivity contribution is -0.139. The second-order valence-corrected chi connectivity index (χ2v) is 9.08. The Balaban J connectivity index is 0.000000423. The van der Waals surface area contributed by atoms with Gasteiger partial charge in [0, 0.05) is 45.6 Å². The molecule has 0 aliphatic carbocycles. The number of ether oxygens (including phenoxy) is 2. The number of nitrogens with one attached hydrogen (secondary N) is 2. The number of aromatic nitrogens is 1. The van der Waals surface area contributed by atoms with Crippen LogP contribution >= 0.6 is 23.2 Å². The molecule has 3 amide bonds. The van der Waals surface area contributed by atoms with E-state index in [4.69, 9.17) is 37.8 Å². The fraction of sp³-hybridized carbons (Fsp3) is 0.440. The van der Waals surface area contributed by atoms with Gasteiger partial charge in [-0.25, -0.2) is 9.78 Å². The number of carboxylic acids is 1. The summed E-state index contributed by atoms with van der Waals surface area (Å²) in [6.45, 7) is 5.06.